The minimum Gasteiger partial charge on any atom is -0.396 e. The molecule has 1 aromatic carbocycles. The van der Waals surface area contributed by atoms with E-state index in [1.54, 1.807) is 0 Å². The molecular weight excluding hydrogens is 210 g/mol. The van der Waals surface area contributed by atoms with E-state index in [2.05, 4.69) is 36.1 Å². The summed E-state index contributed by atoms with van der Waals surface area (Å²) in [4.78, 5) is 2.23. The fourth-order valence-electron chi connectivity index (χ4n) is 1.57. The molecule has 1 aromatic rings. The number of rotatable bonds is 6. The van der Waals surface area contributed by atoms with E-state index in [1.807, 2.05) is 0 Å². The van der Waals surface area contributed by atoms with Gasteiger partial charge in [0, 0.05) is 31.3 Å². The summed E-state index contributed by atoms with van der Waals surface area (Å²) in [6, 6.07) is 8.28. The Kier molecular flexibility index (Phi) is 5.51. The van der Waals surface area contributed by atoms with Crippen molar-refractivity contribution in [2.45, 2.75) is 13.3 Å². The summed E-state index contributed by atoms with van der Waals surface area (Å²) in [6.45, 7) is 4.16. The Morgan fingerprint density at radius 3 is 2.40 bits per heavy atom. The second kappa shape index (κ2) is 6.70. The zero-order chi connectivity index (χ0) is 11.1. The first-order chi connectivity index (χ1) is 7.31. The summed E-state index contributed by atoms with van der Waals surface area (Å²) in [5.41, 5.74) is 2.36. The lowest BCUT2D eigenvalue weighted by atomic mass is 10.1. The molecule has 0 aliphatic heterocycles. The van der Waals surface area contributed by atoms with E-state index in [9.17, 15) is 0 Å². The lowest BCUT2D eigenvalue weighted by Crippen LogP contribution is -2.24. The number of aliphatic hydroxyl groups excluding tert-OH is 1. The topological polar surface area (TPSA) is 23.5 Å². The molecule has 0 spiro atoms. The molecule has 0 unspecified atom stereocenters. The Balaban J connectivity index is 2.68. The third kappa shape index (κ3) is 3.73. The van der Waals surface area contributed by atoms with Crippen molar-refractivity contribution in [3.05, 3.63) is 29.8 Å². The Labute approximate surface area is 96.5 Å². The van der Waals surface area contributed by atoms with Crippen molar-refractivity contribution in [3.63, 3.8) is 0 Å². The van der Waals surface area contributed by atoms with Crippen molar-refractivity contribution in [2.75, 3.05) is 30.5 Å². The van der Waals surface area contributed by atoms with Crippen molar-refractivity contribution < 1.29 is 5.11 Å². The molecule has 84 valence electrons. The molecule has 2 nitrogen and oxygen atoms in total. The van der Waals surface area contributed by atoms with E-state index in [0.717, 1.165) is 19.5 Å². The van der Waals surface area contributed by atoms with Gasteiger partial charge in [0.1, 0.15) is 0 Å². The second-order valence-corrected chi connectivity index (χ2v) is 3.79. The Bertz CT molecular complexity index is 273. The molecule has 0 aliphatic carbocycles. The number of aliphatic hydroxyl groups is 1. The van der Waals surface area contributed by atoms with Crippen LogP contribution in [-0.2, 0) is 6.42 Å². The molecule has 0 amide bonds. The van der Waals surface area contributed by atoms with E-state index in [4.69, 9.17) is 16.7 Å². The summed E-state index contributed by atoms with van der Waals surface area (Å²) in [5.74, 6) is 0.645. The predicted octanol–water partition coefficient (Wildman–Crippen LogP) is 2.29. The number of hydrogen-bond acceptors (Lipinski definition) is 2. The Morgan fingerprint density at radius 1 is 1.27 bits per heavy atom. The molecule has 0 fully saturated rings. The number of benzene rings is 1. The third-order valence-corrected chi connectivity index (χ3v) is 2.61. The van der Waals surface area contributed by atoms with Crippen LogP contribution in [0.4, 0.5) is 5.69 Å². The summed E-state index contributed by atoms with van der Waals surface area (Å²) in [6.07, 6.45) is 0.724. The van der Waals surface area contributed by atoms with Crippen LogP contribution in [0.3, 0.4) is 0 Å². The van der Waals surface area contributed by atoms with Crippen molar-refractivity contribution in [2.24, 2.45) is 0 Å². The zero-order valence-electron chi connectivity index (χ0n) is 9.12. The molecule has 0 atom stereocenters. The quantitative estimate of drug-likeness (QED) is 0.754. The first-order valence-corrected chi connectivity index (χ1v) is 5.86. The van der Waals surface area contributed by atoms with Gasteiger partial charge in [-0.25, -0.2) is 0 Å². The van der Waals surface area contributed by atoms with Gasteiger partial charge in [-0.2, -0.15) is 0 Å². The third-order valence-electron chi connectivity index (χ3n) is 2.44. The van der Waals surface area contributed by atoms with Crippen LogP contribution in [0.5, 0.6) is 0 Å². The standard InChI is InChI=1S/C12H18ClNO/c1-2-14(9-8-13)12-5-3-11(4-6-12)7-10-15/h3-6,15H,2,7-10H2,1H3. The zero-order valence-corrected chi connectivity index (χ0v) is 9.87. The van der Waals surface area contributed by atoms with Crippen LogP contribution < -0.4 is 4.90 Å². The van der Waals surface area contributed by atoms with E-state index in [-0.39, 0.29) is 6.61 Å². The first kappa shape index (κ1) is 12.3. The smallest absolute Gasteiger partial charge is 0.0471 e. The summed E-state index contributed by atoms with van der Waals surface area (Å²) < 4.78 is 0. The van der Waals surface area contributed by atoms with Gasteiger partial charge in [0.2, 0.25) is 0 Å². The van der Waals surface area contributed by atoms with Gasteiger partial charge in [-0.3, -0.25) is 0 Å². The van der Waals surface area contributed by atoms with E-state index < -0.39 is 0 Å². The van der Waals surface area contributed by atoms with Crippen molar-refractivity contribution >= 4 is 17.3 Å². The highest BCUT2D eigenvalue weighted by molar-refractivity contribution is 6.18. The predicted molar refractivity (Wildman–Crippen MR) is 65.8 cm³/mol. The first-order valence-electron chi connectivity index (χ1n) is 5.32. The fourth-order valence-corrected chi connectivity index (χ4v) is 1.78. The van der Waals surface area contributed by atoms with Gasteiger partial charge in [0.05, 0.1) is 0 Å². The van der Waals surface area contributed by atoms with Gasteiger partial charge in [-0.15, -0.1) is 11.6 Å². The molecule has 0 heterocycles. The normalized spacial score (nSPS) is 10.3. The van der Waals surface area contributed by atoms with Gasteiger partial charge in [0.15, 0.2) is 0 Å². The number of halogens is 1. The fraction of sp³-hybridized carbons (Fsp3) is 0.500. The maximum atomic E-state index is 8.80. The van der Waals surface area contributed by atoms with Crippen LogP contribution in [0.15, 0.2) is 24.3 Å². The summed E-state index contributed by atoms with van der Waals surface area (Å²) >= 11 is 5.73. The van der Waals surface area contributed by atoms with Gasteiger partial charge >= 0.3 is 0 Å². The van der Waals surface area contributed by atoms with Gasteiger partial charge in [-0.05, 0) is 31.0 Å². The highest BCUT2D eigenvalue weighted by atomic mass is 35.5. The number of anilines is 1. The average Bonchev–Trinajstić information content (AvgIpc) is 2.28. The largest absolute Gasteiger partial charge is 0.396 e. The van der Waals surface area contributed by atoms with Crippen LogP contribution in [0.1, 0.15) is 12.5 Å². The molecule has 1 rings (SSSR count). The molecule has 0 saturated carbocycles. The minimum atomic E-state index is 0.207. The maximum Gasteiger partial charge on any atom is 0.0471 e. The highest BCUT2D eigenvalue weighted by Gasteiger charge is 2.02. The number of alkyl halides is 1. The van der Waals surface area contributed by atoms with Gasteiger partial charge in [0.25, 0.3) is 0 Å². The van der Waals surface area contributed by atoms with E-state index in [0.29, 0.717) is 5.88 Å². The van der Waals surface area contributed by atoms with Crippen LogP contribution >= 0.6 is 11.6 Å². The Hall–Kier alpha value is -0.730. The van der Waals surface area contributed by atoms with Crippen molar-refractivity contribution in [3.8, 4) is 0 Å². The monoisotopic (exact) mass is 227 g/mol. The molecular formula is C12H18ClNO. The average molecular weight is 228 g/mol. The molecule has 0 aliphatic rings. The van der Waals surface area contributed by atoms with Crippen LogP contribution in [0.25, 0.3) is 0 Å². The lowest BCUT2D eigenvalue weighted by Gasteiger charge is -2.22. The summed E-state index contributed by atoms with van der Waals surface area (Å²) in [5, 5.41) is 8.80. The molecule has 3 heteroatoms. The van der Waals surface area contributed by atoms with Gasteiger partial charge < -0.3 is 10.0 Å². The number of nitrogens with zero attached hydrogens (tertiary/aromatic N) is 1. The van der Waals surface area contributed by atoms with Crippen LogP contribution in [0, 0.1) is 0 Å². The molecule has 0 radical (unpaired) electrons. The maximum absolute atomic E-state index is 8.80. The van der Waals surface area contributed by atoms with Crippen LogP contribution in [-0.4, -0.2) is 30.7 Å². The molecule has 0 aromatic heterocycles. The molecule has 1 N–H and O–H groups in total. The lowest BCUT2D eigenvalue weighted by molar-refractivity contribution is 0.299. The van der Waals surface area contributed by atoms with Crippen molar-refractivity contribution in [1.29, 1.82) is 0 Å². The van der Waals surface area contributed by atoms with E-state index >= 15 is 0 Å². The van der Waals surface area contributed by atoms with Crippen LogP contribution in [0.2, 0.25) is 0 Å². The second-order valence-electron chi connectivity index (χ2n) is 3.41. The molecule has 15 heavy (non-hydrogen) atoms. The highest BCUT2D eigenvalue weighted by Crippen LogP contribution is 2.15. The summed E-state index contributed by atoms with van der Waals surface area (Å²) in [7, 11) is 0. The Morgan fingerprint density at radius 2 is 1.93 bits per heavy atom. The van der Waals surface area contributed by atoms with Gasteiger partial charge in [-0.1, -0.05) is 12.1 Å². The van der Waals surface area contributed by atoms with Crippen molar-refractivity contribution in [1.82, 2.24) is 0 Å². The van der Waals surface area contributed by atoms with E-state index in [1.165, 1.54) is 11.3 Å². The molecule has 0 saturated heterocycles. The molecule has 0 bridgehead atoms. The number of hydrogen-bond donors (Lipinski definition) is 1. The SMILES string of the molecule is CCN(CCCl)c1ccc(CCO)cc1. The minimum absolute atomic E-state index is 0.207.